The molecule has 0 radical (unpaired) electrons. The minimum absolute atomic E-state index is 1.00. The number of nitrogens with zero attached hydrogens (tertiary/aromatic N) is 1. The molecule has 2 nitrogen and oxygen atoms in total. The van der Waals surface area contributed by atoms with E-state index in [-0.39, 0.29) is 0 Å². The topological polar surface area (TPSA) is 30.9 Å². The maximum Gasteiger partial charge on any atom is 0.0619 e. The lowest BCUT2D eigenvalue weighted by molar-refractivity contribution is 1.19. The molecule has 0 spiro atoms. The fourth-order valence-electron chi connectivity index (χ4n) is 7.80. The van der Waals surface area contributed by atoms with Crippen LogP contribution >= 0.6 is 0 Å². The van der Waals surface area contributed by atoms with Crippen LogP contribution in [0.2, 0.25) is 0 Å². The molecule has 0 saturated heterocycles. The second-order valence-corrected chi connectivity index (χ2v) is 12.6. The normalized spacial score (nSPS) is 12.3. The predicted octanol–water partition coefficient (Wildman–Crippen LogP) is 12.5. The maximum absolute atomic E-state index is 6.08. The molecule has 0 fully saturated rings. The molecule has 1 aromatic heterocycles. The van der Waals surface area contributed by atoms with Crippen molar-refractivity contribution < 1.29 is 0 Å². The summed E-state index contributed by atoms with van der Waals surface area (Å²) in [6.07, 6.45) is 5.78. The van der Waals surface area contributed by atoms with Crippen molar-refractivity contribution in [2.45, 2.75) is 6.92 Å². The van der Waals surface area contributed by atoms with Crippen molar-refractivity contribution in [1.82, 2.24) is 4.57 Å². The molecular weight excluding hydrogens is 593 g/mol. The van der Waals surface area contributed by atoms with Gasteiger partial charge in [-0.25, -0.2) is 0 Å². The summed E-state index contributed by atoms with van der Waals surface area (Å²) in [7, 11) is 0. The Hall–Kier alpha value is -6.38. The molecule has 0 bridgehead atoms. The summed E-state index contributed by atoms with van der Waals surface area (Å²) in [6, 6.07) is 57.5. The highest BCUT2D eigenvalue weighted by atomic mass is 15.0. The Labute approximate surface area is 285 Å². The van der Waals surface area contributed by atoms with Crippen molar-refractivity contribution in [2.24, 2.45) is 5.73 Å². The van der Waals surface area contributed by atoms with Crippen LogP contribution in [-0.4, -0.2) is 4.57 Å². The van der Waals surface area contributed by atoms with Crippen molar-refractivity contribution in [3.05, 3.63) is 182 Å². The fraction of sp³-hybridized carbons (Fsp3) is 0.0213. The molecule has 0 aliphatic heterocycles. The fourth-order valence-corrected chi connectivity index (χ4v) is 7.80. The zero-order valence-electron chi connectivity index (χ0n) is 27.3. The van der Waals surface area contributed by atoms with Crippen molar-refractivity contribution in [1.29, 1.82) is 0 Å². The van der Waals surface area contributed by atoms with E-state index >= 15 is 0 Å². The van der Waals surface area contributed by atoms with E-state index in [1.54, 1.807) is 6.20 Å². The Balaban J connectivity index is 1.34. The molecule has 8 aromatic carbocycles. The zero-order chi connectivity index (χ0) is 32.9. The molecule has 0 unspecified atom stereocenters. The Morgan fingerprint density at radius 1 is 0.510 bits per heavy atom. The quantitative estimate of drug-likeness (QED) is 0.150. The summed E-state index contributed by atoms with van der Waals surface area (Å²) in [5.41, 5.74) is 16.7. The second-order valence-electron chi connectivity index (χ2n) is 12.6. The highest BCUT2D eigenvalue weighted by Crippen LogP contribution is 2.45. The highest BCUT2D eigenvalue weighted by Gasteiger charge is 2.19. The highest BCUT2D eigenvalue weighted by molar-refractivity contribution is 6.23. The average molecular weight is 627 g/mol. The molecule has 2 N–H and O–H groups in total. The van der Waals surface area contributed by atoms with Crippen molar-refractivity contribution in [3.8, 4) is 27.9 Å². The molecule has 0 aliphatic carbocycles. The molecule has 9 rings (SSSR count). The van der Waals surface area contributed by atoms with Gasteiger partial charge in [0.2, 0.25) is 0 Å². The Morgan fingerprint density at radius 2 is 1.08 bits per heavy atom. The number of para-hydroxylation sites is 1. The van der Waals surface area contributed by atoms with Gasteiger partial charge in [0.15, 0.2) is 0 Å². The number of aromatic nitrogens is 1. The summed E-state index contributed by atoms with van der Waals surface area (Å²) in [5, 5.41) is 9.94. The third-order valence-electron chi connectivity index (χ3n) is 9.90. The van der Waals surface area contributed by atoms with Crippen LogP contribution in [0.4, 0.5) is 0 Å². The number of fused-ring (bicyclic) bond motifs is 7. The van der Waals surface area contributed by atoms with E-state index in [9.17, 15) is 0 Å². The molecule has 9 aromatic rings. The number of benzene rings is 8. The van der Waals surface area contributed by atoms with Gasteiger partial charge in [-0.3, -0.25) is 0 Å². The van der Waals surface area contributed by atoms with E-state index in [1.807, 2.05) is 13.0 Å². The first kappa shape index (κ1) is 28.8. The predicted molar refractivity (Wildman–Crippen MR) is 211 cm³/mol. The number of hydrogen-bond donors (Lipinski definition) is 1. The first-order chi connectivity index (χ1) is 24.2. The molecule has 0 aliphatic rings. The lowest BCUT2D eigenvalue weighted by Gasteiger charge is -2.18. The van der Waals surface area contributed by atoms with Crippen LogP contribution in [0.3, 0.4) is 0 Å². The van der Waals surface area contributed by atoms with E-state index in [0.717, 1.165) is 22.3 Å². The summed E-state index contributed by atoms with van der Waals surface area (Å²) in [6.45, 7) is 2.02. The van der Waals surface area contributed by atoms with Gasteiger partial charge in [0.1, 0.15) is 0 Å². The summed E-state index contributed by atoms with van der Waals surface area (Å²) in [4.78, 5) is 0. The molecule has 0 atom stereocenters. The third kappa shape index (κ3) is 4.57. The lowest BCUT2D eigenvalue weighted by Crippen LogP contribution is -1.95. The van der Waals surface area contributed by atoms with Crippen LogP contribution < -0.4 is 5.73 Å². The van der Waals surface area contributed by atoms with Gasteiger partial charge in [-0.05, 0) is 91.5 Å². The maximum atomic E-state index is 6.08. The molecular formula is C47H34N2. The van der Waals surface area contributed by atoms with Gasteiger partial charge in [0.25, 0.3) is 0 Å². The Kier molecular flexibility index (Phi) is 6.88. The standard InChI is InChI=1S/C47H34N2/c1-2-13-35(30-48)32-22-26-38-43-27-23-33-28-34(24-25-37(33)47(43)49(44(38)29-32)36-16-7-4-8-17-36)46-41-20-11-9-18-39(41)45(31-14-5-3-6-15-31)40-19-10-12-21-42(40)46/h2-30H,48H2,1H3/b13-2-,35-30+. The van der Waals surface area contributed by atoms with E-state index in [4.69, 9.17) is 5.73 Å². The first-order valence-electron chi connectivity index (χ1n) is 16.9. The Bertz CT molecular complexity index is 2710. The molecule has 0 saturated carbocycles. The van der Waals surface area contributed by atoms with Crippen LogP contribution in [0.1, 0.15) is 12.5 Å². The van der Waals surface area contributed by atoms with Gasteiger partial charge < -0.3 is 10.3 Å². The first-order valence-corrected chi connectivity index (χ1v) is 16.9. The molecule has 1 heterocycles. The minimum atomic E-state index is 1.00. The minimum Gasteiger partial charge on any atom is -0.404 e. The van der Waals surface area contributed by atoms with E-state index in [1.165, 1.54) is 70.9 Å². The number of hydrogen-bond acceptors (Lipinski definition) is 1. The van der Waals surface area contributed by atoms with Crippen molar-refractivity contribution in [3.63, 3.8) is 0 Å². The van der Waals surface area contributed by atoms with Gasteiger partial charge in [-0.2, -0.15) is 0 Å². The van der Waals surface area contributed by atoms with Gasteiger partial charge in [0.05, 0.1) is 11.0 Å². The smallest absolute Gasteiger partial charge is 0.0619 e. The molecule has 49 heavy (non-hydrogen) atoms. The van der Waals surface area contributed by atoms with E-state index in [0.29, 0.717) is 0 Å². The zero-order valence-corrected chi connectivity index (χ0v) is 27.3. The Morgan fingerprint density at radius 3 is 1.71 bits per heavy atom. The van der Waals surface area contributed by atoms with E-state index in [2.05, 4.69) is 168 Å². The second kappa shape index (κ2) is 11.7. The number of allylic oxidation sites excluding steroid dienone is 3. The molecule has 0 amide bonds. The van der Waals surface area contributed by atoms with Crippen LogP contribution in [0, 0.1) is 0 Å². The van der Waals surface area contributed by atoms with Gasteiger partial charge >= 0.3 is 0 Å². The van der Waals surface area contributed by atoms with Crippen LogP contribution in [0.25, 0.3) is 87.6 Å². The van der Waals surface area contributed by atoms with Crippen LogP contribution in [0.5, 0.6) is 0 Å². The van der Waals surface area contributed by atoms with Crippen molar-refractivity contribution >= 4 is 59.7 Å². The van der Waals surface area contributed by atoms with Gasteiger partial charge in [-0.15, -0.1) is 0 Å². The summed E-state index contributed by atoms with van der Waals surface area (Å²) < 4.78 is 2.42. The monoisotopic (exact) mass is 626 g/mol. The van der Waals surface area contributed by atoms with Crippen molar-refractivity contribution in [2.75, 3.05) is 0 Å². The SMILES string of the molecule is C/C=C\C(=C/N)c1ccc2c3ccc4cc(-c5c6ccccc6c(-c6ccccc6)c6ccccc56)ccc4c3n(-c3ccccc3)c2c1. The molecule has 2 heteroatoms. The third-order valence-corrected chi connectivity index (χ3v) is 9.90. The number of rotatable bonds is 5. The van der Waals surface area contributed by atoms with Gasteiger partial charge in [0, 0.05) is 28.0 Å². The van der Waals surface area contributed by atoms with E-state index < -0.39 is 0 Å². The lowest BCUT2D eigenvalue weighted by atomic mass is 9.85. The number of nitrogens with two attached hydrogens (primary N) is 1. The van der Waals surface area contributed by atoms with Crippen LogP contribution in [-0.2, 0) is 0 Å². The summed E-state index contributed by atoms with van der Waals surface area (Å²) >= 11 is 0. The average Bonchev–Trinajstić information content (AvgIpc) is 3.50. The van der Waals surface area contributed by atoms with Crippen LogP contribution in [0.15, 0.2) is 176 Å². The largest absolute Gasteiger partial charge is 0.404 e. The molecule has 232 valence electrons. The van der Waals surface area contributed by atoms with Gasteiger partial charge in [-0.1, -0.05) is 146 Å². The summed E-state index contributed by atoms with van der Waals surface area (Å²) in [5.74, 6) is 0.